The molecule has 356 valence electrons. The molecule has 0 spiro atoms. The van der Waals surface area contributed by atoms with Crippen LogP contribution in [-0.4, -0.2) is 160 Å². The fourth-order valence-corrected chi connectivity index (χ4v) is 3.25. The molecule has 2 aliphatic heterocycles. The van der Waals surface area contributed by atoms with Crippen LogP contribution in [-0.2, 0) is 14.2 Å². The summed E-state index contributed by atoms with van der Waals surface area (Å²) in [5.74, 6) is 0. The van der Waals surface area contributed by atoms with E-state index >= 15 is 0 Å². The maximum Gasteiger partial charge on any atom is 0.410 e. The van der Waals surface area contributed by atoms with Gasteiger partial charge in [0.15, 0.2) is 0 Å². The summed E-state index contributed by atoms with van der Waals surface area (Å²) >= 11 is 9.53. The molecule has 2 rings (SSSR count). The maximum atomic E-state index is 11.7. The van der Waals surface area contributed by atoms with Gasteiger partial charge in [-0.3, -0.25) is 0 Å². The number of halogens is 2. The Labute approximate surface area is 377 Å². The molecule has 2 amide bonds. The average Bonchev–Trinajstić information content (AvgIpc) is 4.03. The third-order valence-electron chi connectivity index (χ3n) is 6.13. The Morgan fingerprint density at radius 3 is 1.75 bits per heavy atom. The topological polar surface area (TPSA) is 234 Å². The number of alkyl halides is 2. The minimum Gasteiger partial charge on any atom is -0.444 e. The van der Waals surface area contributed by atoms with E-state index in [9.17, 15) is 19.8 Å². The predicted molar refractivity (Wildman–Crippen MR) is 255 cm³/mol. The maximum absolute atomic E-state index is 11.7. The minimum absolute atomic E-state index is 0. The molecule has 61 heavy (non-hydrogen) atoms. The van der Waals surface area contributed by atoms with Crippen LogP contribution in [0.1, 0.15) is 41.5 Å². The van der Waals surface area contributed by atoms with Crippen LogP contribution in [0.3, 0.4) is 0 Å². The van der Waals surface area contributed by atoms with Gasteiger partial charge in [-0.1, -0.05) is 60.8 Å². The Kier molecular flexibility index (Phi) is 52.1. The number of nitrogens with two attached hydrogens (primary N) is 1. The van der Waals surface area contributed by atoms with Crippen molar-refractivity contribution in [1.29, 1.82) is 0 Å². The van der Waals surface area contributed by atoms with Crippen LogP contribution in [0.4, 0.5) is 9.59 Å². The van der Waals surface area contributed by atoms with Crippen molar-refractivity contribution in [2.24, 2.45) is 5.73 Å². The van der Waals surface area contributed by atoms with Gasteiger partial charge >= 0.3 is 12.2 Å². The molecule has 0 aromatic heterocycles. The van der Waals surface area contributed by atoms with E-state index in [0.717, 1.165) is 13.2 Å². The molecule has 17 heteroatoms. The van der Waals surface area contributed by atoms with Crippen molar-refractivity contribution in [3.05, 3.63) is 113 Å². The van der Waals surface area contributed by atoms with E-state index in [4.69, 9.17) is 53.4 Å². The first-order valence-corrected chi connectivity index (χ1v) is 20.3. The SMILES string of the molecule is C=CC1CO1.C=CCN.C=CCN(CC(O)C=C)C(=O)OC(C)(C)C.C=CCNC(C=C)CO.C=CCNCC(O)C=C.CC(C)(C)OC(=O)N1CC=CC(O)C1.ClCCl.O. The first kappa shape index (κ1) is 69.1. The quantitative estimate of drug-likeness (QED) is 0.0441. The van der Waals surface area contributed by atoms with Gasteiger partial charge in [-0.25, -0.2) is 9.59 Å². The molecule has 1 saturated heterocycles. The number of carbonyl (C=O) groups excluding carboxylic acids is 2. The molecule has 0 aromatic rings. The molecule has 0 saturated carbocycles. The zero-order valence-electron chi connectivity index (χ0n) is 37.7. The molecular formula is C44H81Cl2N5O10. The van der Waals surface area contributed by atoms with E-state index in [0.29, 0.717) is 45.4 Å². The van der Waals surface area contributed by atoms with Gasteiger partial charge in [-0.05, 0) is 41.5 Å². The zero-order chi connectivity index (χ0) is 47.6. The standard InChI is InChI=1S/C12H21NO3.C10H17NO3.2C7H13NO.C4H6O.C3H7N.CH2Cl2.H2O/c1-6-8-13(9-10(14)7-2)11(15)16-12(3,4)5;1-10(2,3)14-9(13)11-6-4-5-8(12)7-11;1-3-5-8-7(4-2)6-9;1-3-5-8-6-7(9)4-2;1-2-4-3-5-4;1-2-3-4;2-1-3;/h6-7,10,14H,1-2,8-9H2,3-5H3;4-5,8,12H,6-7H2,1-3H3;2*3-4,7-9H,1-2,5-6H2;2,4H,1,3H2;2H,1,3-4H2;1H2;1H2. The second-order valence-electron chi connectivity index (χ2n) is 14.1. The Bertz CT molecular complexity index is 1190. The van der Waals surface area contributed by atoms with Crippen molar-refractivity contribution in [1.82, 2.24) is 20.4 Å². The minimum atomic E-state index is -0.757. The molecule has 0 aromatic carbocycles. The Morgan fingerprint density at radius 1 is 0.918 bits per heavy atom. The number of hydrogen-bond donors (Lipinski definition) is 7. The summed E-state index contributed by atoms with van der Waals surface area (Å²) in [7, 11) is 0. The highest BCUT2D eigenvalue weighted by Gasteiger charge is 2.24. The first-order chi connectivity index (χ1) is 28.1. The fourth-order valence-electron chi connectivity index (χ4n) is 3.25. The smallest absolute Gasteiger partial charge is 0.410 e. The van der Waals surface area contributed by atoms with Gasteiger partial charge in [0, 0.05) is 45.3 Å². The molecule has 0 radical (unpaired) electrons. The summed E-state index contributed by atoms with van der Waals surface area (Å²) in [6.07, 6.45) is 14.3. The summed E-state index contributed by atoms with van der Waals surface area (Å²) in [6, 6.07) is 0.00278. The van der Waals surface area contributed by atoms with Crippen LogP contribution in [0.5, 0.6) is 0 Å². The monoisotopic (exact) mass is 910 g/mol. The lowest BCUT2D eigenvalue weighted by Gasteiger charge is -2.29. The van der Waals surface area contributed by atoms with Gasteiger partial charge in [0.25, 0.3) is 0 Å². The number of rotatable bonds is 17. The van der Waals surface area contributed by atoms with E-state index in [1.807, 2.05) is 20.8 Å². The van der Waals surface area contributed by atoms with Crippen molar-refractivity contribution in [2.45, 2.75) is 83.2 Å². The van der Waals surface area contributed by atoms with Crippen LogP contribution in [0, 0.1) is 0 Å². The Balaban J connectivity index is -0.000000153. The second kappa shape index (κ2) is 45.9. The predicted octanol–water partition coefficient (Wildman–Crippen LogP) is 5.03. The summed E-state index contributed by atoms with van der Waals surface area (Å²) < 4.78 is 15.1. The molecule has 2 aliphatic rings. The van der Waals surface area contributed by atoms with E-state index in [2.05, 4.69) is 63.3 Å². The van der Waals surface area contributed by atoms with Gasteiger partial charge in [-0.2, -0.15) is 0 Å². The third kappa shape index (κ3) is 56.4. The van der Waals surface area contributed by atoms with Gasteiger partial charge in [0.05, 0.1) is 56.1 Å². The molecule has 0 aliphatic carbocycles. The Hall–Kier alpha value is -3.58. The number of amides is 2. The molecule has 5 atom stereocenters. The van der Waals surface area contributed by atoms with Crippen LogP contribution < -0.4 is 16.4 Å². The number of aliphatic hydroxyl groups excluding tert-OH is 4. The number of nitrogens with one attached hydrogen (secondary N) is 2. The van der Waals surface area contributed by atoms with E-state index < -0.39 is 35.6 Å². The van der Waals surface area contributed by atoms with E-state index in [1.54, 1.807) is 69.4 Å². The van der Waals surface area contributed by atoms with Gasteiger partial charge in [0.1, 0.15) is 11.2 Å². The van der Waals surface area contributed by atoms with E-state index in [-0.39, 0.29) is 36.1 Å². The van der Waals surface area contributed by atoms with Gasteiger partial charge in [0.2, 0.25) is 0 Å². The number of carbonyl (C=O) groups is 2. The van der Waals surface area contributed by atoms with Crippen molar-refractivity contribution in [3.63, 3.8) is 0 Å². The molecule has 10 N–H and O–H groups in total. The van der Waals surface area contributed by atoms with Crippen LogP contribution in [0.2, 0.25) is 0 Å². The second-order valence-corrected chi connectivity index (χ2v) is 14.9. The molecule has 0 bridgehead atoms. The van der Waals surface area contributed by atoms with Crippen LogP contribution in [0.25, 0.3) is 0 Å². The lowest BCUT2D eigenvalue weighted by atomic mass is 10.2. The summed E-state index contributed by atoms with van der Waals surface area (Å²) in [6.45, 7) is 43.5. The van der Waals surface area contributed by atoms with Gasteiger partial charge in [-0.15, -0.1) is 75.8 Å². The lowest BCUT2D eigenvalue weighted by Crippen LogP contribution is -2.42. The van der Waals surface area contributed by atoms with Crippen molar-refractivity contribution in [3.8, 4) is 0 Å². The largest absolute Gasteiger partial charge is 0.444 e. The molecule has 2 heterocycles. The van der Waals surface area contributed by atoms with Crippen LogP contribution >= 0.6 is 23.2 Å². The van der Waals surface area contributed by atoms with Gasteiger partial charge < -0.3 is 66.3 Å². The van der Waals surface area contributed by atoms with Crippen LogP contribution in [0.15, 0.2) is 113 Å². The molecule has 5 unspecified atom stereocenters. The third-order valence-corrected chi connectivity index (χ3v) is 6.13. The summed E-state index contributed by atoms with van der Waals surface area (Å²) in [5, 5.41) is 42.3. The normalized spacial score (nSPS) is 15.6. The van der Waals surface area contributed by atoms with Crippen molar-refractivity contribution >= 4 is 35.4 Å². The fraction of sp³-hybridized carbons (Fsp3) is 0.545. The number of aliphatic hydroxyl groups is 4. The number of ether oxygens (including phenoxy) is 3. The first-order valence-electron chi connectivity index (χ1n) is 19.2. The summed E-state index contributed by atoms with van der Waals surface area (Å²) in [4.78, 5) is 26.1. The number of epoxide rings is 1. The van der Waals surface area contributed by atoms with E-state index in [1.165, 1.54) is 22.0 Å². The summed E-state index contributed by atoms with van der Waals surface area (Å²) in [5.41, 5.74) is 3.88. The molecular weight excluding hydrogens is 829 g/mol. The Morgan fingerprint density at radius 2 is 1.43 bits per heavy atom. The highest BCUT2D eigenvalue weighted by Crippen LogP contribution is 2.12. The van der Waals surface area contributed by atoms with Crippen molar-refractivity contribution < 1.29 is 49.7 Å². The van der Waals surface area contributed by atoms with Crippen molar-refractivity contribution in [2.75, 3.05) is 70.9 Å². The zero-order valence-corrected chi connectivity index (χ0v) is 39.2. The molecule has 1 fully saturated rings. The number of β-amino-alcohol motifs (C(OH)–C–C–N with tert-alkyl or cyclic N) is 1. The highest BCUT2D eigenvalue weighted by atomic mass is 35.5. The molecule has 15 nitrogen and oxygen atoms in total. The number of hydrogen-bond acceptors (Lipinski definition) is 12. The average molecular weight is 911 g/mol. The number of nitrogens with zero attached hydrogens (tertiary/aromatic N) is 2. The highest BCUT2D eigenvalue weighted by molar-refractivity contribution is 6.40. The lowest BCUT2D eigenvalue weighted by molar-refractivity contribution is 0.0187.